The number of ether oxygens (including phenoxy) is 1. The molecule has 0 radical (unpaired) electrons. The molecule has 0 aliphatic carbocycles. The summed E-state index contributed by atoms with van der Waals surface area (Å²) in [6.07, 6.45) is 0. The highest BCUT2D eigenvalue weighted by atomic mass is 35.5. The van der Waals surface area contributed by atoms with Crippen LogP contribution in [0.3, 0.4) is 0 Å². The zero-order valence-corrected chi connectivity index (χ0v) is 15.7. The molecule has 1 N–H and O–H groups in total. The van der Waals surface area contributed by atoms with E-state index >= 15 is 0 Å². The molecule has 1 amide bonds. The summed E-state index contributed by atoms with van der Waals surface area (Å²) in [5.74, 6) is 0.511. The number of nitrogens with one attached hydrogen (secondary N) is 1. The SMILES string of the molecule is COc1cccc(NC(=O)[C@@H](C)Sc2nnnn2-c2cccc(Cl)c2)c1. The molecule has 134 valence electrons. The van der Waals surface area contributed by atoms with Gasteiger partial charge in [-0.15, -0.1) is 5.10 Å². The molecule has 0 saturated carbocycles. The molecule has 1 heterocycles. The highest BCUT2D eigenvalue weighted by molar-refractivity contribution is 8.00. The Labute approximate surface area is 159 Å². The van der Waals surface area contributed by atoms with E-state index in [0.29, 0.717) is 21.6 Å². The van der Waals surface area contributed by atoms with Crippen LogP contribution in [0, 0.1) is 0 Å². The van der Waals surface area contributed by atoms with Gasteiger partial charge in [-0.25, -0.2) is 0 Å². The third-order valence-corrected chi connectivity index (χ3v) is 4.75. The third kappa shape index (κ3) is 4.33. The maximum Gasteiger partial charge on any atom is 0.237 e. The van der Waals surface area contributed by atoms with Gasteiger partial charge in [0.1, 0.15) is 5.75 Å². The average molecular weight is 390 g/mol. The van der Waals surface area contributed by atoms with Crippen molar-refractivity contribution in [3.63, 3.8) is 0 Å². The number of methoxy groups -OCH3 is 1. The third-order valence-electron chi connectivity index (χ3n) is 3.48. The van der Waals surface area contributed by atoms with Crippen LogP contribution in [0.15, 0.2) is 53.7 Å². The molecule has 0 unspecified atom stereocenters. The van der Waals surface area contributed by atoms with Crippen LogP contribution < -0.4 is 10.1 Å². The molecule has 0 fully saturated rings. The molecule has 26 heavy (non-hydrogen) atoms. The summed E-state index contributed by atoms with van der Waals surface area (Å²) in [4.78, 5) is 12.5. The van der Waals surface area contributed by atoms with Gasteiger partial charge in [-0.1, -0.05) is 35.5 Å². The normalized spacial score (nSPS) is 11.8. The van der Waals surface area contributed by atoms with Crippen LogP contribution in [0.2, 0.25) is 5.02 Å². The van der Waals surface area contributed by atoms with E-state index in [4.69, 9.17) is 16.3 Å². The summed E-state index contributed by atoms with van der Waals surface area (Å²) in [6, 6.07) is 14.4. The number of tetrazole rings is 1. The topological polar surface area (TPSA) is 81.9 Å². The Bertz CT molecular complexity index is 917. The number of hydrogen-bond donors (Lipinski definition) is 1. The van der Waals surface area contributed by atoms with E-state index in [2.05, 4.69) is 20.8 Å². The lowest BCUT2D eigenvalue weighted by Crippen LogP contribution is -2.22. The lowest BCUT2D eigenvalue weighted by Gasteiger charge is -2.12. The van der Waals surface area contributed by atoms with E-state index in [0.717, 1.165) is 5.69 Å². The second kappa shape index (κ2) is 8.20. The largest absolute Gasteiger partial charge is 0.497 e. The number of halogens is 1. The molecule has 0 bridgehead atoms. The van der Waals surface area contributed by atoms with Crippen molar-refractivity contribution in [2.75, 3.05) is 12.4 Å². The number of rotatable bonds is 6. The molecule has 3 aromatic rings. The van der Waals surface area contributed by atoms with Gasteiger partial charge in [-0.2, -0.15) is 4.68 Å². The van der Waals surface area contributed by atoms with E-state index in [1.807, 2.05) is 24.3 Å². The average Bonchev–Trinajstić information content (AvgIpc) is 3.10. The standard InChI is InChI=1S/C17H16ClN5O2S/c1-11(16(24)19-13-6-4-8-15(10-13)25-2)26-17-20-21-22-23(17)14-7-3-5-12(18)9-14/h3-11H,1-2H3,(H,19,24)/t11-/m1/s1. The molecule has 9 heteroatoms. The van der Waals surface area contributed by atoms with E-state index in [1.54, 1.807) is 43.0 Å². The minimum Gasteiger partial charge on any atom is -0.497 e. The van der Waals surface area contributed by atoms with E-state index in [9.17, 15) is 4.79 Å². The summed E-state index contributed by atoms with van der Waals surface area (Å²) >= 11 is 7.28. The zero-order chi connectivity index (χ0) is 18.5. The molecule has 0 aliphatic heterocycles. The van der Waals surface area contributed by atoms with Crippen LogP contribution in [0.1, 0.15) is 6.92 Å². The Hall–Kier alpha value is -2.58. The smallest absolute Gasteiger partial charge is 0.237 e. The molecule has 2 aromatic carbocycles. The lowest BCUT2D eigenvalue weighted by atomic mass is 10.3. The maximum absolute atomic E-state index is 12.5. The van der Waals surface area contributed by atoms with Crippen molar-refractivity contribution in [2.45, 2.75) is 17.3 Å². The van der Waals surface area contributed by atoms with Crippen LogP contribution in [0.5, 0.6) is 5.75 Å². The van der Waals surface area contributed by atoms with Crippen LogP contribution in [-0.4, -0.2) is 38.5 Å². The van der Waals surface area contributed by atoms with Gasteiger partial charge in [-0.3, -0.25) is 4.79 Å². The summed E-state index contributed by atoms with van der Waals surface area (Å²) in [7, 11) is 1.58. The fraction of sp³-hybridized carbons (Fsp3) is 0.176. The molecular weight excluding hydrogens is 374 g/mol. The Morgan fingerprint density at radius 1 is 1.27 bits per heavy atom. The lowest BCUT2D eigenvalue weighted by molar-refractivity contribution is -0.115. The van der Waals surface area contributed by atoms with Crippen LogP contribution in [0.25, 0.3) is 5.69 Å². The second-order valence-corrected chi connectivity index (χ2v) is 7.08. The van der Waals surface area contributed by atoms with Crippen molar-refractivity contribution in [2.24, 2.45) is 0 Å². The number of carbonyl (C=O) groups excluding carboxylic acids is 1. The van der Waals surface area contributed by atoms with Gasteiger partial charge >= 0.3 is 0 Å². The molecule has 1 aromatic heterocycles. The van der Waals surface area contributed by atoms with Crippen molar-refractivity contribution < 1.29 is 9.53 Å². The van der Waals surface area contributed by atoms with E-state index in [-0.39, 0.29) is 5.91 Å². The van der Waals surface area contributed by atoms with Crippen LogP contribution >= 0.6 is 23.4 Å². The first-order valence-corrected chi connectivity index (χ1v) is 8.98. The van der Waals surface area contributed by atoms with Crippen molar-refractivity contribution in [3.05, 3.63) is 53.6 Å². The molecule has 0 saturated heterocycles. The maximum atomic E-state index is 12.5. The van der Waals surface area contributed by atoms with Crippen LogP contribution in [0.4, 0.5) is 5.69 Å². The predicted molar refractivity (Wildman–Crippen MR) is 101 cm³/mol. The highest BCUT2D eigenvalue weighted by Crippen LogP contribution is 2.25. The number of anilines is 1. The van der Waals surface area contributed by atoms with Gasteiger partial charge in [0.25, 0.3) is 0 Å². The number of hydrogen-bond acceptors (Lipinski definition) is 6. The fourth-order valence-electron chi connectivity index (χ4n) is 2.18. The Morgan fingerprint density at radius 2 is 2.08 bits per heavy atom. The molecule has 3 rings (SSSR count). The van der Waals surface area contributed by atoms with Gasteiger partial charge < -0.3 is 10.1 Å². The van der Waals surface area contributed by atoms with Crippen molar-refractivity contribution in [1.82, 2.24) is 20.2 Å². The van der Waals surface area contributed by atoms with E-state index < -0.39 is 5.25 Å². The quantitative estimate of drug-likeness (QED) is 0.650. The monoisotopic (exact) mass is 389 g/mol. The number of aromatic nitrogens is 4. The minimum absolute atomic E-state index is 0.163. The first-order chi connectivity index (χ1) is 12.6. The summed E-state index contributed by atoms with van der Waals surface area (Å²) < 4.78 is 6.71. The number of carbonyl (C=O) groups is 1. The first kappa shape index (κ1) is 18.2. The number of benzene rings is 2. The molecule has 0 spiro atoms. The van der Waals surface area contributed by atoms with Gasteiger partial charge in [0, 0.05) is 16.8 Å². The van der Waals surface area contributed by atoms with Crippen molar-refractivity contribution in [1.29, 1.82) is 0 Å². The highest BCUT2D eigenvalue weighted by Gasteiger charge is 2.19. The molecule has 1 atom stereocenters. The Kier molecular flexibility index (Phi) is 5.75. The van der Waals surface area contributed by atoms with Crippen LogP contribution in [-0.2, 0) is 4.79 Å². The summed E-state index contributed by atoms with van der Waals surface area (Å²) in [5, 5.41) is 15.2. The van der Waals surface area contributed by atoms with Gasteiger partial charge in [-0.05, 0) is 47.7 Å². The minimum atomic E-state index is -0.412. The predicted octanol–water partition coefficient (Wildman–Crippen LogP) is 3.44. The molecule has 0 aliphatic rings. The van der Waals surface area contributed by atoms with Crippen molar-refractivity contribution >= 4 is 35.0 Å². The van der Waals surface area contributed by atoms with E-state index in [1.165, 1.54) is 11.8 Å². The number of thioether (sulfide) groups is 1. The summed E-state index contributed by atoms with van der Waals surface area (Å²) in [5.41, 5.74) is 1.39. The number of nitrogens with zero attached hydrogens (tertiary/aromatic N) is 4. The zero-order valence-electron chi connectivity index (χ0n) is 14.1. The molecule has 7 nitrogen and oxygen atoms in total. The second-order valence-electron chi connectivity index (χ2n) is 5.33. The Morgan fingerprint density at radius 3 is 2.85 bits per heavy atom. The van der Waals surface area contributed by atoms with Gasteiger partial charge in [0.05, 0.1) is 18.0 Å². The van der Waals surface area contributed by atoms with Gasteiger partial charge in [0.15, 0.2) is 0 Å². The molecular formula is C17H16ClN5O2S. The Balaban J connectivity index is 1.71. The number of amides is 1. The van der Waals surface area contributed by atoms with Gasteiger partial charge in [0.2, 0.25) is 11.1 Å². The summed E-state index contributed by atoms with van der Waals surface area (Å²) in [6.45, 7) is 1.79. The fourth-order valence-corrected chi connectivity index (χ4v) is 3.17. The first-order valence-electron chi connectivity index (χ1n) is 7.72. The van der Waals surface area contributed by atoms with Crippen molar-refractivity contribution in [3.8, 4) is 11.4 Å².